The van der Waals surface area contributed by atoms with Gasteiger partial charge in [0.05, 0.1) is 0 Å². The van der Waals surface area contributed by atoms with Crippen molar-refractivity contribution in [1.82, 2.24) is 9.80 Å². The molecule has 0 aromatic rings. The van der Waals surface area contributed by atoms with E-state index in [1.165, 1.54) is 35.7 Å². The van der Waals surface area contributed by atoms with Gasteiger partial charge in [0.1, 0.15) is 23.3 Å². The summed E-state index contributed by atoms with van der Waals surface area (Å²) >= 11 is 0. The van der Waals surface area contributed by atoms with Gasteiger partial charge in [-0.25, -0.2) is 9.59 Å². The normalized spacial score (nSPS) is 13.7. The predicted molar refractivity (Wildman–Crippen MR) is 119 cm³/mol. The first kappa shape index (κ1) is 28.2. The Bertz CT molecular complexity index is 579. The Morgan fingerprint density at radius 2 is 1.00 bits per heavy atom. The van der Waals surface area contributed by atoms with Gasteiger partial charge >= 0.3 is 12.2 Å². The van der Waals surface area contributed by atoms with Gasteiger partial charge in [-0.05, 0) is 41.5 Å². The third kappa shape index (κ3) is 10.8. The zero-order chi connectivity index (χ0) is 23.9. The van der Waals surface area contributed by atoms with Crippen molar-refractivity contribution in [1.29, 1.82) is 0 Å². The molecule has 0 aliphatic heterocycles. The number of hydrogen-bond acceptors (Lipinski definition) is 8. The van der Waals surface area contributed by atoms with Crippen LogP contribution in [0.25, 0.3) is 0 Å². The van der Waals surface area contributed by atoms with E-state index < -0.39 is 47.3 Å². The minimum atomic E-state index is -0.909. The monoisotopic (exact) mass is 466 g/mol. The molecule has 0 radical (unpaired) electrons. The molecule has 0 aromatic heterocycles. The number of primary amides is 2. The van der Waals surface area contributed by atoms with E-state index in [0.29, 0.717) is 0 Å². The lowest BCUT2D eigenvalue weighted by molar-refractivity contribution is -0.122. The van der Waals surface area contributed by atoms with Crippen molar-refractivity contribution in [2.75, 3.05) is 25.6 Å². The summed E-state index contributed by atoms with van der Waals surface area (Å²) in [5.74, 6) is -1.04. The molecule has 30 heavy (non-hydrogen) atoms. The van der Waals surface area contributed by atoms with Crippen molar-refractivity contribution in [3.8, 4) is 0 Å². The second-order valence-corrected chi connectivity index (χ2v) is 11.1. The number of hydrogen-bond donors (Lipinski definition) is 2. The predicted octanol–water partition coefficient (Wildman–Crippen LogP) is 1.81. The average molecular weight is 467 g/mol. The van der Waals surface area contributed by atoms with E-state index in [4.69, 9.17) is 20.9 Å². The first-order valence-corrected chi connectivity index (χ1v) is 11.7. The lowest BCUT2D eigenvalue weighted by Gasteiger charge is -2.29. The Kier molecular flexibility index (Phi) is 10.8. The lowest BCUT2D eigenvalue weighted by Crippen LogP contribution is -2.49. The summed E-state index contributed by atoms with van der Waals surface area (Å²) in [6.45, 7) is 10.3. The first-order chi connectivity index (χ1) is 13.5. The van der Waals surface area contributed by atoms with Crippen LogP contribution < -0.4 is 11.5 Å². The SMILES string of the molecule is CN(C(=O)OC(C)(C)C)[C@@H](CSSC[C@@H](C(N)=O)N(C)C(=O)OC(C)(C)C)C(N)=O. The van der Waals surface area contributed by atoms with Crippen molar-refractivity contribution in [2.24, 2.45) is 11.5 Å². The van der Waals surface area contributed by atoms with Crippen LogP contribution in [0, 0.1) is 0 Å². The van der Waals surface area contributed by atoms with Crippen molar-refractivity contribution in [3.63, 3.8) is 0 Å². The fourth-order valence-corrected chi connectivity index (χ4v) is 4.49. The highest BCUT2D eigenvalue weighted by atomic mass is 33.1. The zero-order valence-corrected chi connectivity index (χ0v) is 20.5. The number of nitrogens with zero attached hydrogens (tertiary/aromatic N) is 2. The summed E-state index contributed by atoms with van der Waals surface area (Å²) in [4.78, 5) is 50.2. The van der Waals surface area contributed by atoms with Crippen LogP contribution in [0.4, 0.5) is 9.59 Å². The average Bonchev–Trinajstić information content (AvgIpc) is 2.53. The van der Waals surface area contributed by atoms with Crippen LogP contribution in [0.5, 0.6) is 0 Å². The molecule has 0 fully saturated rings. The van der Waals surface area contributed by atoms with Gasteiger partial charge in [0, 0.05) is 25.6 Å². The van der Waals surface area contributed by atoms with Gasteiger partial charge in [-0.2, -0.15) is 0 Å². The number of carbonyl (C=O) groups is 4. The lowest BCUT2D eigenvalue weighted by atomic mass is 10.2. The largest absolute Gasteiger partial charge is 0.444 e. The molecule has 0 aromatic carbocycles. The van der Waals surface area contributed by atoms with E-state index in [2.05, 4.69) is 0 Å². The molecule has 0 saturated carbocycles. The Morgan fingerprint density at radius 1 is 0.733 bits per heavy atom. The molecule has 0 rings (SSSR count). The molecule has 0 spiro atoms. The standard InChI is InChI=1S/C18H34N4O6S2/c1-17(2,3)27-15(25)21(7)11(13(19)23)9-29-30-10-12(14(20)24)22(8)16(26)28-18(4,5)6/h11-12H,9-10H2,1-8H3,(H2,19,23)(H2,20,24)/t11-,12-/m0/s1. The van der Waals surface area contributed by atoms with E-state index >= 15 is 0 Å². The Balaban J connectivity index is 4.87. The van der Waals surface area contributed by atoms with E-state index in [1.54, 1.807) is 41.5 Å². The summed E-state index contributed by atoms with van der Waals surface area (Å²) in [6, 6.07) is -1.82. The highest BCUT2D eigenvalue weighted by Gasteiger charge is 2.31. The summed E-state index contributed by atoms with van der Waals surface area (Å²) in [5.41, 5.74) is 9.42. The molecule has 0 saturated heterocycles. The van der Waals surface area contributed by atoms with Crippen LogP contribution in [-0.4, -0.2) is 82.7 Å². The van der Waals surface area contributed by atoms with Crippen LogP contribution in [0.2, 0.25) is 0 Å². The maximum absolute atomic E-state index is 12.2. The van der Waals surface area contributed by atoms with Crippen LogP contribution in [0.3, 0.4) is 0 Å². The van der Waals surface area contributed by atoms with Crippen molar-refractivity contribution in [3.05, 3.63) is 0 Å². The third-order valence-corrected chi connectivity index (χ3v) is 5.88. The molecule has 0 aliphatic carbocycles. The van der Waals surface area contributed by atoms with Gasteiger partial charge in [0.25, 0.3) is 0 Å². The van der Waals surface area contributed by atoms with Gasteiger partial charge in [0.2, 0.25) is 11.8 Å². The number of rotatable bonds is 9. The number of carbonyl (C=O) groups excluding carboxylic acids is 4. The number of likely N-dealkylation sites (N-methyl/N-ethyl adjacent to an activating group) is 2. The Hall–Kier alpha value is -1.82. The topological polar surface area (TPSA) is 145 Å². The van der Waals surface area contributed by atoms with Gasteiger partial charge in [-0.15, -0.1) is 0 Å². The molecule has 0 aliphatic rings. The van der Waals surface area contributed by atoms with Crippen LogP contribution >= 0.6 is 21.6 Å². The summed E-state index contributed by atoms with van der Waals surface area (Å²) in [7, 11) is 5.30. The quantitative estimate of drug-likeness (QED) is 0.386. The molecular formula is C18H34N4O6S2. The number of amides is 4. The van der Waals surface area contributed by atoms with Gasteiger partial charge in [0.15, 0.2) is 0 Å². The second-order valence-electron chi connectivity index (χ2n) is 8.59. The molecule has 174 valence electrons. The highest BCUT2D eigenvalue weighted by Crippen LogP contribution is 2.26. The molecule has 0 unspecified atom stereocenters. The molecular weight excluding hydrogens is 432 g/mol. The Morgan fingerprint density at radius 3 is 1.20 bits per heavy atom. The fourth-order valence-electron chi connectivity index (χ4n) is 1.92. The van der Waals surface area contributed by atoms with Gasteiger partial charge in [-0.1, -0.05) is 21.6 Å². The zero-order valence-electron chi connectivity index (χ0n) is 18.9. The second kappa shape index (κ2) is 11.5. The van der Waals surface area contributed by atoms with E-state index in [0.717, 1.165) is 9.80 Å². The molecule has 0 heterocycles. The molecule has 4 amide bonds. The van der Waals surface area contributed by atoms with Crippen molar-refractivity contribution >= 4 is 45.6 Å². The number of ether oxygens (including phenoxy) is 2. The van der Waals surface area contributed by atoms with Gasteiger partial charge in [-0.3, -0.25) is 19.4 Å². The smallest absolute Gasteiger partial charge is 0.410 e. The summed E-state index contributed by atoms with van der Waals surface area (Å²) < 4.78 is 10.5. The first-order valence-electron chi connectivity index (χ1n) is 9.21. The minimum Gasteiger partial charge on any atom is -0.444 e. The maximum Gasteiger partial charge on any atom is 0.410 e. The molecule has 4 N–H and O–H groups in total. The molecule has 12 heteroatoms. The molecule has 0 bridgehead atoms. The molecule has 2 atom stereocenters. The minimum absolute atomic E-state index is 0.164. The molecule has 10 nitrogen and oxygen atoms in total. The van der Waals surface area contributed by atoms with Crippen molar-refractivity contribution in [2.45, 2.75) is 64.8 Å². The van der Waals surface area contributed by atoms with E-state index in [1.807, 2.05) is 0 Å². The van der Waals surface area contributed by atoms with E-state index in [9.17, 15) is 19.2 Å². The van der Waals surface area contributed by atoms with Crippen LogP contribution in [0.1, 0.15) is 41.5 Å². The summed E-state index contributed by atoms with van der Waals surface area (Å²) in [6.07, 6.45) is -1.34. The Labute approximate surface area is 186 Å². The maximum atomic E-state index is 12.2. The highest BCUT2D eigenvalue weighted by molar-refractivity contribution is 8.76. The van der Waals surface area contributed by atoms with Crippen LogP contribution in [0.15, 0.2) is 0 Å². The van der Waals surface area contributed by atoms with Crippen molar-refractivity contribution < 1.29 is 28.7 Å². The third-order valence-electron chi connectivity index (χ3n) is 3.49. The number of nitrogens with two attached hydrogens (primary N) is 2. The van der Waals surface area contributed by atoms with Gasteiger partial charge < -0.3 is 20.9 Å². The van der Waals surface area contributed by atoms with E-state index in [-0.39, 0.29) is 11.5 Å². The summed E-state index contributed by atoms with van der Waals surface area (Å²) in [5, 5.41) is 0. The van der Waals surface area contributed by atoms with Crippen LogP contribution in [-0.2, 0) is 19.1 Å². The fraction of sp³-hybridized carbons (Fsp3) is 0.778.